The predicted octanol–water partition coefficient (Wildman–Crippen LogP) is 4.51. The average molecular weight is 697 g/mol. The fraction of sp³-hybridized carbons (Fsp3) is 0.625. The van der Waals surface area contributed by atoms with Crippen LogP contribution in [0.5, 0.6) is 0 Å². The number of fused-ring (bicyclic) bond motifs is 2. The van der Waals surface area contributed by atoms with Gasteiger partial charge in [0.15, 0.2) is 0 Å². The lowest BCUT2D eigenvalue weighted by atomic mass is 9.85. The van der Waals surface area contributed by atoms with Gasteiger partial charge in [-0.3, -0.25) is 23.7 Å². The first-order valence-electron chi connectivity index (χ1n) is 16.1. The molecule has 3 aliphatic rings. The van der Waals surface area contributed by atoms with E-state index in [-0.39, 0.29) is 39.9 Å². The fourth-order valence-electron chi connectivity index (χ4n) is 6.93. The topological polar surface area (TPSA) is 148 Å². The molecule has 3 aliphatic heterocycles. The molecule has 2 aromatic rings. The number of unbranched alkanes of at least 4 members (excludes halogenated alkanes) is 1. The summed E-state index contributed by atoms with van der Waals surface area (Å²) in [5, 5.41) is 3.02. The number of thiophene rings is 1. The van der Waals surface area contributed by atoms with E-state index >= 15 is 0 Å². The van der Waals surface area contributed by atoms with Gasteiger partial charge in [-0.05, 0) is 54.7 Å². The number of hydrogen-bond acceptors (Lipinski definition) is 6. The normalized spacial score (nSPS) is 22.6. The molecule has 0 bridgehead atoms. The highest BCUT2D eigenvalue weighted by Crippen LogP contribution is 2.59. The monoisotopic (exact) mass is 696 g/mol. The van der Waals surface area contributed by atoms with Gasteiger partial charge in [-0.25, -0.2) is 0 Å². The molecule has 47 heavy (non-hydrogen) atoms. The average Bonchev–Trinajstić information content (AvgIpc) is 3.79. The number of benzene rings is 1. The minimum Gasteiger partial charge on any atom is -0.340 e. The first-order chi connectivity index (χ1) is 21.9. The molecule has 0 radical (unpaired) electrons. The second kappa shape index (κ2) is 13.2. The fourth-order valence-corrected chi connectivity index (χ4v) is 8.35. The van der Waals surface area contributed by atoms with E-state index in [2.05, 4.69) is 5.32 Å². The number of nitrogens with zero attached hydrogens (tertiary/aromatic N) is 3. The zero-order chi connectivity index (χ0) is 34.5. The molecular formula is C32H43F2N4O7PS. The van der Waals surface area contributed by atoms with Crippen molar-refractivity contribution in [1.82, 2.24) is 20.0 Å². The Kier molecular flexibility index (Phi) is 9.92. The van der Waals surface area contributed by atoms with Gasteiger partial charge in [-0.1, -0.05) is 40.2 Å². The van der Waals surface area contributed by atoms with Crippen molar-refractivity contribution in [2.24, 2.45) is 11.3 Å². The summed E-state index contributed by atoms with van der Waals surface area (Å²) in [5.74, 6) is -0.779. The maximum atomic E-state index is 14.3. The van der Waals surface area contributed by atoms with Gasteiger partial charge < -0.3 is 29.8 Å². The summed E-state index contributed by atoms with van der Waals surface area (Å²) in [7, 11) is -5.77. The van der Waals surface area contributed by atoms with Crippen molar-refractivity contribution < 1.29 is 42.3 Å². The molecule has 0 saturated carbocycles. The summed E-state index contributed by atoms with van der Waals surface area (Å²) >= 11 is 1.00. The van der Waals surface area contributed by atoms with Crippen LogP contribution >= 0.6 is 18.9 Å². The van der Waals surface area contributed by atoms with Crippen LogP contribution in [0.15, 0.2) is 24.3 Å². The second-order valence-electron chi connectivity index (χ2n) is 14.0. The summed E-state index contributed by atoms with van der Waals surface area (Å²) in [6, 6.07) is 2.74. The van der Waals surface area contributed by atoms with Crippen molar-refractivity contribution in [1.29, 1.82) is 0 Å². The summed E-state index contributed by atoms with van der Waals surface area (Å²) < 4.78 is 40.4. The molecule has 11 nitrogen and oxygen atoms in total. The lowest BCUT2D eigenvalue weighted by molar-refractivity contribution is -0.146. The largest absolute Gasteiger partial charge is 0.399 e. The highest BCUT2D eigenvalue weighted by Gasteiger charge is 2.51. The highest BCUT2D eigenvalue weighted by molar-refractivity contribution is 7.52. The maximum Gasteiger partial charge on any atom is 0.399 e. The number of carbonyl (C=O) groups is 4. The number of nitrogens with one attached hydrogen (secondary N) is 1. The van der Waals surface area contributed by atoms with Gasteiger partial charge in [-0.15, -0.1) is 11.3 Å². The molecule has 4 atom stereocenters. The van der Waals surface area contributed by atoms with E-state index in [9.17, 15) is 32.5 Å². The van der Waals surface area contributed by atoms with Crippen molar-refractivity contribution in [3.05, 3.63) is 34.7 Å². The summed E-state index contributed by atoms with van der Waals surface area (Å²) in [6.45, 7) is 9.55. The Bertz CT molecular complexity index is 1610. The van der Waals surface area contributed by atoms with E-state index in [1.807, 2.05) is 16.7 Å². The molecule has 5 rings (SSSR count). The van der Waals surface area contributed by atoms with Crippen molar-refractivity contribution >= 4 is 52.6 Å². The van der Waals surface area contributed by atoms with Gasteiger partial charge in [0.25, 0.3) is 5.91 Å². The summed E-state index contributed by atoms with van der Waals surface area (Å²) in [4.78, 5) is 77.9. The zero-order valence-corrected chi connectivity index (χ0v) is 28.8. The number of carbonyl (C=O) groups excluding carboxylic acids is 4. The number of alkyl halides is 2. The van der Waals surface area contributed by atoms with E-state index < -0.39 is 42.2 Å². The SMILES string of the molecule is CCCCC(=O)N1C[C@@H]2CCN(C(=O)[C@@H]3CCCN3C(=O)[C@@H](NC(=O)c3cc4cc(C(F)(F)P(=O)(O)O)ccc4s3)C(C)(C)C)[C@@H]2C1. The van der Waals surface area contributed by atoms with Crippen LogP contribution in [0.3, 0.4) is 0 Å². The third kappa shape index (κ3) is 6.97. The van der Waals surface area contributed by atoms with E-state index in [0.717, 1.165) is 42.7 Å². The van der Waals surface area contributed by atoms with Gasteiger partial charge in [0.05, 0.1) is 10.9 Å². The Labute approximate surface area is 276 Å². The minimum atomic E-state index is -5.77. The van der Waals surface area contributed by atoms with Gasteiger partial charge in [0.2, 0.25) is 17.7 Å². The third-order valence-corrected chi connectivity index (χ3v) is 11.7. The zero-order valence-electron chi connectivity index (χ0n) is 27.1. The standard InChI is InChI=1S/C32H43F2N4O7PS/c1-5-6-9-26(39)36-17-19-12-14-38(23(19)18-36)29(41)22-8-7-13-37(22)30(42)27(31(2,3)4)35-28(40)25-16-20-15-21(10-11-24(20)47-25)32(33,34)46(43,44)45/h10-11,15-16,19,22-23,27H,5-9,12-14,17-18H2,1-4H3,(H,35,40)(H2,43,44,45)/t19-,22-,23+,27+/m0/s1. The van der Waals surface area contributed by atoms with Gasteiger partial charge >= 0.3 is 13.3 Å². The molecular weight excluding hydrogens is 653 g/mol. The van der Waals surface area contributed by atoms with Crippen LogP contribution in [-0.4, -0.2) is 92.4 Å². The van der Waals surface area contributed by atoms with Crippen LogP contribution < -0.4 is 5.32 Å². The molecule has 0 aliphatic carbocycles. The van der Waals surface area contributed by atoms with Crippen LogP contribution in [0.1, 0.15) is 81.5 Å². The van der Waals surface area contributed by atoms with E-state index in [1.165, 1.54) is 12.1 Å². The summed E-state index contributed by atoms with van der Waals surface area (Å²) in [6.07, 6.45) is 4.22. The van der Waals surface area contributed by atoms with E-state index in [4.69, 9.17) is 9.79 Å². The molecule has 3 N–H and O–H groups in total. The van der Waals surface area contributed by atoms with E-state index in [0.29, 0.717) is 50.1 Å². The van der Waals surface area contributed by atoms with Crippen molar-refractivity contribution in [2.45, 2.75) is 90.0 Å². The van der Waals surface area contributed by atoms with Gasteiger partial charge in [0.1, 0.15) is 12.1 Å². The Hall–Kier alpha value is -2.93. The molecule has 0 unspecified atom stereocenters. The van der Waals surface area contributed by atoms with Gasteiger partial charge in [-0.2, -0.15) is 8.78 Å². The Balaban J connectivity index is 1.30. The van der Waals surface area contributed by atoms with Crippen LogP contribution in [0.25, 0.3) is 10.1 Å². The lowest BCUT2D eigenvalue weighted by Crippen LogP contribution is -2.58. The first-order valence-corrected chi connectivity index (χ1v) is 18.5. The molecule has 3 fully saturated rings. The van der Waals surface area contributed by atoms with E-state index in [1.54, 1.807) is 25.7 Å². The number of likely N-dealkylation sites (tertiary alicyclic amines) is 3. The third-order valence-electron chi connectivity index (χ3n) is 9.59. The van der Waals surface area contributed by atoms with Crippen LogP contribution in [0.2, 0.25) is 0 Å². The molecule has 4 heterocycles. The Morgan fingerprint density at radius 1 is 1.06 bits per heavy atom. The van der Waals surface area contributed by atoms with Crippen LogP contribution in [-0.2, 0) is 24.6 Å². The van der Waals surface area contributed by atoms with Crippen molar-refractivity contribution in [3.63, 3.8) is 0 Å². The molecule has 1 aromatic heterocycles. The van der Waals surface area contributed by atoms with Crippen LogP contribution in [0, 0.1) is 11.3 Å². The number of hydrogen-bond donors (Lipinski definition) is 3. The first kappa shape index (κ1) is 35.4. The maximum absolute atomic E-state index is 14.3. The molecule has 1 aromatic carbocycles. The smallest absolute Gasteiger partial charge is 0.340 e. The predicted molar refractivity (Wildman–Crippen MR) is 173 cm³/mol. The number of amides is 4. The number of halogens is 2. The lowest BCUT2D eigenvalue weighted by Gasteiger charge is -2.37. The molecule has 4 amide bonds. The minimum absolute atomic E-state index is 0.0705. The van der Waals surface area contributed by atoms with Crippen molar-refractivity contribution in [2.75, 3.05) is 26.2 Å². The Morgan fingerprint density at radius 3 is 2.45 bits per heavy atom. The Morgan fingerprint density at radius 2 is 1.79 bits per heavy atom. The molecule has 3 saturated heterocycles. The molecule has 258 valence electrons. The van der Waals surface area contributed by atoms with Crippen molar-refractivity contribution in [3.8, 4) is 0 Å². The summed E-state index contributed by atoms with van der Waals surface area (Å²) in [5.41, 5.74) is -6.01. The molecule has 15 heteroatoms. The quantitative estimate of drug-likeness (QED) is 0.327. The van der Waals surface area contributed by atoms with Gasteiger partial charge in [0, 0.05) is 48.8 Å². The highest BCUT2D eigenvalue weighted by atomic mass is 32.1. The second-order valence-corrected chi connectivity index (χ2v) is 16.7. The number of rotatable bonds is 9. The van der Waals surface area contributed by atoms with Crippen LogP contribution in [0.4, 0.5) is 8.78 Å². The molecule has 0 spiro atoms.